The Morgan fingerprint density at radius 3 is 2.58 bits per heavy atom. The lowest BCUT2D eigenvalue weighted by Gasteiger charge is -2.61. The first-order chi connectivity index (χ1) is 14.6. The number of carbonyl (C=O) groups is 1. The van der Waals surface area contributed by atoms with Crippen LogP contribution in [0.5, 0.6) is 0 Å². The summed E-state index contributed by atoms with van der Waals surface area (Å²) in [5.41, 5.74) is 0.631. The van der Waals surface area contributed by atoms with Gasteiger partial charge in [-0.2, -0.15) is 0 Å². The number of esters is 1. The Kier molecular flexibility index (Phi) is 5.52. The fourth-order valence-corrected chi connectivity index (χ4v) is 8.95. The van der Waals surface area contributed by atoms with E-state index in [1.807, 2.05) is 24.3 Å². The topological polar surface area (TPSA) is 46.5 Å². The highest BCUT2D eigenvalue weighted by Crippen LogP contribution is 2.68. The van der Waals surface area contributed by atoms with E-state index >= 15 is 0 Å². The van der Waals surface area contributed by atoms with Crippen LogP contribution in [0, 0.1) is 38.1 Å². The molecule has 3 unspecified atom stereocenters. The molecule has 4 heteroatoms. The maximum absolute atomic E-state index is 12.7. The van der Waals surface area contributed by atoms with E-state index in [1.54, 1.807) is 0 Å². The van der Waals surface area contributed by atoms with Gasteiger partial charge in [0.1, 0.15) is 6.10 Å². The molecule has 0 heterocycles. The number of benzene rings is 1. The molecule has 0 saturated heterocycles. The van der Waals surface area contributed by atoms with E-state index in [0.29, 0.717) is 22.8 Å². The van der Waals surface area contributed by atoms with Gasteiger partial charge in [0.25, 0.3) is 0 Å². The first-order valence-electron chi connectivity index (χ1n) is 12.3. The van der Waals surface area contributed by atoms with Crippen LogP contribution in [0.25, 0.3) is 0 Å². The Bertz CT molecular complexity index is 866. The predicted molar refractivity (Wildman–Crippen MR) is 131 cm³/mol. The number of ether oxygens (including phenoxy) is 1. The summed E-state index contributed by atoms with van der Waals surface area (Å²) in [4.78, 5) is 12.7. The summed E-state index contributed by atoms with van der Waals surface area (Å²) in [6, 6.07) is 7.70. The van der Waals surface area contributed by atoms with Crippen molar-refractivity contribution in [1.29, 1.82) is 0 Å². The number of hydrogen-bond acceptors (Lipinski definition) is 3. The second kappa shape index (κ2) is 7.72. The fraction of sp³-hybridized carbons (Fsp3) is 0.741. The zero-order valence-corrected chi connectivity index (χ0v) is 21.4. The van der Waals surface area contributed by atoms with Gasteiger partial charge in [-0.1, -0.05) is 19.9 Å². The van der Waals surface area contributed by atoms with Crippen molar-refractivity contribution in [1.82, 2.24) is 0 Å². The summed E-state index contributed by atoms with van der Waals surface area (Å²) >= 11 is 2.24. The van der Waals surface area contributed by atoms with Crippen LogP contribution >= 0.6 is 22.6 Å². The van der Waals surface area contributed by atoms with Crippen LogP contribution in [-0.2, 0) is 4.74 Å². The van der Waals surface area contributed by atoms with Crippen LogP contribution in [-0.4, -0.2) is 22.8 Å². The molecule has 5 rings (SSSR count). The Balaban J connectivity index is 1.28. The molecule has 4 fully saturated rings. The third kappa shape index (κ3) is 3.50. The molecule has 4 saturated carbocycles. The maximum atomic E-state index is 12.7. The van der Waals surface area contributed by atoms with Gasteiger partial charge in [0.15, 0.2) is 0 Å². The predicted octanol–water partition coefficient (Wildman–Crippen LogP) is 6.61. The van der Waals surface area contributed by atoms with Gasteiger partial charge in [0.05, 0.1) is 11.2 Å². The monoisotopic (exact) mass is 536 g/mol. The molecule has 1 aromatic carbocycles. The van der Waals surface area contributed by atoms with Gasteiger partial charge in [-0.3, -0.25) is 0 Å². The smallest absolute Gasteiger partial charge is 0.338 e. The zero-order chi connectivity index (χ0) is 22.0. The van der Waals surface area contributed by atoms with Crippen molar-refractivity contribution in [3.05, 3.63) is 33.4 Å². The number of hydrogen-bond donors (Lipinski definition) is 1. The van der Waals surface area contributed by atoms with Crippen LogP contribution in [0.4, 0.5) is 0 Å². The highest BCUT2D eigenvalue weighted by molar-refractivity contribution is 14.1. The molecule has 8 atom stereocenters. The third-order valence-electron chi connectivity index (χ3n) is 10.5. The summed E-state index contributed by atoms with van der Waals surface area (Å²) in [7, 11) is 0. The van der Waals surface area contributed by atoms with Crippen molar-refractivity contribution >= 4 is 28.6 Å². The molecule has 31 heavy (non-hydrogen) atoms. The molecule has 1 N–H and O–H groups in total. The molecular formula is C27H37IO3. The Hall–Kier alpha value is -0.620. The van der Waals surface area contributed by atoms with Crippen molar-refractivity contribution in [2.24, 2.45) is 34.5 Å². The lowest BCUT2D eigenvalue weighted by molar-refractivity contribution is -0.153. The average molecular weight is 536 g/mol. The maximum Gasteiger partial charge on any atom is 0.338 e. The summed E-state index contributed by atoms with van der Waals surface area (Å²) in [5, 5.41) is 11.1. The minimum Gasteiger partial charge on any atom is -0.459 e. The molecular weight excluding hydrogens is 499 g/mol. The summed E-state index contributed by atoms with van der Waals surface area (Å²) < 4.78 is 7.07. The zero-order valence-electron chi connectivity index (χ0n) is 19.2. The molecule has 0 spiro atoms. The van der Waals surface area contributed by atoms with Crippen molar-refractivity contribution in [3.63, 3.8) is 0 Å². The van der Waals surface area contributed by atoms with Crippen LogP contribution in [0.1, 0.15) is 88.9 Å². The van der Waals surface area contributed by atoms with E-state index in [2.05, 4.69) is 43.4 Å². The molecule has 4 aliphatic carbocycles. The molecule has 0 radical (unpaired) electrons. The van der Waals surface area contributed by atoms with E-state index in [4.69, 9.17) is 4.74 Å². The van der Waals surface area contributed by atoms with Crippen LogP contribution in [0.3, 0.4) is 0 Å². The van der Waals surface area contributed by atoms with E-state index in [-0.39, 0.29) is 17.5 Å². The molecule has 0 aromatic heterocycles. The molecule has 4 aliphatic rings. The number of carbonyl (C=O) groups excluding carboxylic acids is 1. The first kappa shape index (κ1) is 22.2. The van der Waals surface area contributed by atoms with Crippen LogP contribution < -0.4 is 0 Å². The largest absolute Gasteiger partial charge is 0.459 e. The fourth-order valence-electron chi connectivity index (χ4n) is 8.40. The highest BCUT2D eigenvalue weighted by Gasteiger charge is 2.63. The van der Waals surface area contributed by atoms with Crippen LogP contribution in [0.15, 0.2) is 24.3 Å². The second-order valence-electron chi connectivity index (χ2n) is 11.7. The van der Waals surface area contributed by atoms with Crippen molar-refractivity contribution in [3.8, 4) is 0 Å². The molecule has 0 amide bonds. The van der Waals surface area contributed by atoms with Gasteiger partial charge in [-0.15, -0.1) is 0 Å². The van der Waals surface area contributed by atoms with Gasteiger partial charge in [0, 0.05) is 3.57 Å². The van der Waals surface area contributed by atoms with E-state index in [1.165, 1.54) is 38.5 Å². The standard InChI is InChI=1S/C27H37IO3/c1-25-12-9-20(31-24(29)17-5-4-6-19(28)15-17)16-18(25)7-8-21-22(25)10-13-26(2)23(21)11-14-27(26,3)30/h4-6,15,18,20-23,30H,7-14,16H2,1-3H3/t18-,20+,21?,22?,23?,25-,26-,27-/m0/s1. The highest BCUT2D eigenvalue weighted by atomic mass is 127. The van der Waals surface area contributed by atoms with Gasteiger partial charge >= 0.3 is 5.97 Å². The minimum atomic E-state index is -0.499. The Morgan fingerprint density at radius 1 is 1.03 bits per heavy atom. The van der Waals surface area contributed by atoms with Gasteiger partial charge in [-0.25, -0.2) is 4.79 Å². The summed E-state index contributed by atoms with van der Waals surface area (Å²) in [5.74, 6) is 2.70. The SMILES string of the molecule is C[C@]1(O)CCC2C3CC[C@H]4C[C@H](OC(=O)c5cccc(I)c5)CC[C@]4(C)C3CC[C@@]21C. The quantitative estimate of drug-likeness (QED) is 0.342. The van der Waals surface area contributed by atoms with E-state index in [0.717, 1.165) is 34.7 Å². The van der Waals surface area contributed by atoms with Crippen molar-refractivity contribution in [2.45, 2.75) is 90.3 Å². The normalized spacial score (nSPS) is 46.5. The van der Waals surface area contributed by atoms with Crippen LogP contribution in [0.2, 0.25) is 0 Å². The Labute approximate surface area is 200 Å². The summed E-state index contributed by atoms with van der Waals surface area (Å²) in [6.45, 7) is 7.01. The lowest BCUT2D eigenvalue weighted by atomic mass is 9.44. The van der Waals surface area contributed by atoms with Gasteiger partial charge in [-0.05, 0) is 140 Å². The average Bonchev–Trinajstić information content (AvgIpc) is 2.97. The van der Waals surface area contributed by atoms with E-state index < -0.39 is 5.60 Å². The minimum absolute atomic E-state index is 0.0565. The first-order valence-corrected chi connectivity index (χ1v) is 13.4. The molecule has 1 aromatic rings. The van der Waals surface area contributed by atoms with Crippen molar-refractivity contribution in [2.75, 3.05) is 0 Å². The number of fused-ring (bicyclic) bond motifs is 5. The van der Waals surface area contributed by atoms with Crippen molar-refractivity contribution < 1.29 is 14.6 Å². The molecule has 3 nitrogen and oxygen atoms in total. The lowest BCUT2D eigenvalue weighted by Crippen LogP contribution is -2.56. The van der Waals surface area contributed by atoms with Gasteiger partial charge in [0.2, 0.25) is 0 Å². The van der Waals surface area contributed by atoms with Gasteiger partial charge < -0.3 is 9.84 Å². The second-order valence-corrected chi connectivity index (χ2v) is 13.0. The molecule has 170 valence electrons. The number of halogens is 1. The Morgan fingerprint density at radius 2 is 1.81 bits per heavy atom. The molecule has 0 aliphatic heterocycles. The third-order valence-corrected chi connectivity index (χ3v) is 11.2. The van der Waals surface area contributed by atoms with E-state index in [9.17, 15) is 9.90 Å². The summed E-state index contributed by atoms with van der Waals surface area (Å²) in [6.07, 6.45) is 10.4. The number of aliphatic hydroxyl groups is 1. The molecule has 0 bridgehead atoms. The number of rotatable bonds is 2.